The average molecular weight is 375 g/mol. The summed E-state index contributed by atoms with van der Waals surface area (Å²) in [7, 11) is 0. The molecule has 0 aliphatic carbocycles. The van der Waals surface area contributed by atoms with E-state index < -0.39 is 11.2 Å². The van der Waals surface area contributed by atoms with Crippen LogP contribution in [0, 0.1) is 0 Å². The molecule has 0 radical (unpaired) electrons. The number of carbonyl (C=O) groups excluding carboxylic acids is 1. The molecule has 2 heterocycles. The number of carbonyl (C=O) groups is 1. The zero-order valence-electron chi connectivity index (χ0n) is 14.9. The highest BCUT2D eigenvalue weighted by Gasteiger charge is 2.16. The Labute approximate surface area is 159 Å². The van der Waals surface area contributed by atoms with Crippen LogP contribution in [0.4, 0.5) is 5.69 Å². The number of anilines is 1. The van der Waals surface area contributed by atoms with Gasteiger partial charge in [0.25, 0.3) is 5.56 Å². The highest BCUT2D eigenvalue weighted by atomic mass is 16.3. The van der Waals surface area contributed by atoms with Crippen molar-refractivity contribution in [3.05, 3.63) is 99.6 Å². The molecule has 1 N–H and O–H groups in total. The SMILES string of the molecule is O=C(Cn1c(=O)n(Cc2ccco2)c(=O)c2ccccc21)Nc1ccccc1. The lowest BCUT2D eigenvalue weighted by molar-refractivity contribution is -0.116. The number of aromatic nitrogens is 2. The van der Waals surface area contributed by atoms with Crippen LogP contribution in [0.25, 0.3) is 10.9 Å². The molecule has 4 aromatic rings. The minimum atomic E-state index is -0.566. The first-order valence-corrected chi connectivity index (χ1v) is 8.73. The number of hydrogen-bond acceptors (Lipinski definition) is 4. The van der Waals surface area contributed by atoms with Crippen molar-refractivity contribution in [1.29, 1.82) is 0 Å². The van der Waals surface area contributed by atoms with E-state index in [1.807, 2.05) is 6.07 Å². The molecular formula is C21H17N3O4. The molecule has 0 atom stereocenters. The number of hydrogen-bond donors (Lipinski definition) is 1. The minimum Gasteiger partial charge on any atom is -0.467 e. The maximum atomic E-state index is 13.0. The molecule has 7 nitrogen and oxygen atoms in total. The summed E-state index contributed by atoms with van der Waals surface area (Å²) in [6.45, 7) is -0.220. The van der Waals surface area contributed by atoms with Crippen LogP contribution in [0.5, 0.6) is 0 Å². The van der Waals surface area contributed by atoms with E-state index in [0.717, 1.165) is 4.57 Å². The molecule has 0 bridgehead atoms. The van der Waals surface area contributed by atoms with E-state index in [0.29, 0.717) is 22.4 Å². The van der Waals surface area contributed by atoms with Crippen molar-refractivity contribution >= 4 is 22.5 Å². The summed E-state index contributed by atoms with van der Waals surface area (Å²) in [4.78, 5) is 38.3. The van der Waals surface area contributed by atoms with Gasteiger partial charge in [-0.15, -0.1) is 0 Å². The molecule has 28 heavy (non-hydrogen) atoms. The standard InChI is InChI=1S/C21H17N3O4/c25-19(22-15-7-2-1-3-8-15)14-23-18-11-5-4-10-17(18)20(26)24(21(23)27)13-16-9-6-12-28-16/h1-12H,13-14H2,(H,22,25). The molecule has 0 fully saturated rings. The third kappa shape index (κ3) is 3.37. The molecule has 0 spiro atoms. The second kappa shape index (κ2) is 7.40. The van der Waals surface area contributed by atoms with Gasteiger partial charge in [0.2, 0.25) is 5.91 Å². The Balaban J connectivity index is 1.77. The van der Waals surface area contributed by atoms with Crippen molar-refractivity contribution in [2.24, 2.45) is 0 Å². The molecule has 0 unspecified atom stereocenters. The molecular weight excluding hydrogens is 358 g/mol. The summed E-state index contributed by atoms with van der Waals surface area (Å²) in [5, 5.41) is 3.12. The summed E-state index contributed by atoms with van der Waals surface area (Å²) in [6, 6.07) is 19.1. The average Bonchev–Trinajstić information content (AvgIpc) is 3.22. The number of amides is 1. The van der Waals surface area contributed by atoms with Gasteiger partial charge in [-0.3, -0.25) is 18.7 Å². The summed E-state index contributed by atoms with van der Waals surface area (Å²) in [5.74, 6) is 0.122. The van der Waals surface area contributed by atoms with E-state index >= 15 is 0 Å². The van der Waals surface area contributed by atoms with Gasteiger partial charge in [0.1, 0.15) is 12.3 Å². The zero-order chi connectivity index (χ0) is 19.5. The lowest BCUT2D eigenvalue weighted by atomic mass is 10.2. The second-order valence-corrected chi connectivity index (χ2v) is 6.27. The third-order valence-electron chi connectivity index (χ3n) is 4.39. The molecule has 1 amide bonds. The third-order valence-corrected chi connectivity index (χ3v) is 4.39. The Kier molecular flexibility index (Phi) is 4.63. The van der Waals surface area contributed by atoms with Gasteiger partial charge in [0, 0.05) is 5.69 Å². The van der Waals surface area contributed by atoms with E-state index in [4.69, 9.17) is 4.42 Å². The maximum Gasteiger partial charge on any atom is 0.332 e. The Morgan fingerprint density at radius 2 is 1.64 bits per heavy atom. The van der Waals surface area contributed by atoms with E-state index in [1.54, 1.807) is 60.7 Å². The molecule has 2 aromatic carbocycles. The second-order valence-electron chi connectivity index (χ2n) is 6.27. The van der Waals surface area contributed by atoms with Gasteiger partial charge in [-0.05, 0) is 36.4 Å². The first-order valence-electron chi connectivity index (χ1n) is 8.73. The van der Waals surface area contributed by atoms with Crippen LogP contribution in [-0.4, -0.2) is 15.0 Å². The molecule has 0 aliphatic rings. The summed E-state index contributed by atoms with van der Waals surface area (Å²) >= 11 is 0. The molecule has 140 valence electrons. The van der Waals surface area contributed by atoms with Crippen LogP contribution in [0.2, 0.25) is 0 Å². The van der Waals surface area contributed by atoms with Crippen molar-refractivity contribution in [1.82, 2.24) is 9.13 Å². The van der Waals surface area contributed by atoms with Gasteiger partial charge in [-0.2, -0.15) is 0 Å². The molecule has 0 saturated carbocycles. The molecule has 7 heteroatoms. The monoisotopic (exact) mass is 375 g/mol. The van der Waals surface area contributed by atoms with Crippen LogP contribution in [0.1, 0.15) is 5.76 Å². The van der Waals surface area contributed by atoms with Crippen molar-refractivity contribution in [2.75, 3.05) is 5.32 Å². The van der Waals surface area contributed by atoms with Gasteiger partial charge < -0.3 is 9.73 Å². The molecule has 0 saturated heterocycles. The highest BCUT2D eigenvalue weighted by Crippen LogP contribution is 2.10. The summed E-state index contributed by atoms with van der Waals surface area (Å²) in [6.07, 6.45) is 1.48. The number of nitrogens with one attached hydrogen (secondary N) is 1. The lowest BCUT2D eigenvalue weighted by Gasteiger charge is -2.13. The van der Waals surface area contributed by atoms with Gasteiger partial charge in [0.15, 0.2) is 0 Å². The molecule has 0 aliphatic heterocycles. The first-order chi connectivity index (χ1) is 13.6. The van der Waals surface area contributed by atoms with Crippen molar-refractivity contribution in [3.8, 4) is 0 Å². The number of benzene rings is 2. The van der Waals surface area contributed by atoms with Crippen molar-refractivity contribution in [2.45, 2.75) is 13.1 Å². The fourth-order valence-electron chi connectivity index (χ4n) is 3.09. The maximum absolute atomic E-state index is 13.0. The lowest BCUT2D eigenvalue weighted by Crippen LogP contribution is -2.41. The Morgan fingerprint density at radius 1 is 0.893 bits per heavy atom. The topological polar surface area (TPSA) is 86.2 Å². The van der Waals surface area contributed by atoms with Gasteiger partial charge in [0.05, 0.1) is 23.7 Å². The highest BCUT2D eigenvalue weighted by molar-refractivity contribution is 5.91. The number of rotatable bonds is 5. The van der Waals surface area contributed by atoms with E-state index in [2.05, 4.69) is 5.32 Å². The van der Waals surface area contributed by atoms with Crippen LogP contribution in [0.15, 0.2) is 87.0 Å². The molecule has 4 rings (SSSR count). The fourth-order valence-corrected chi connectivity index (χ4v) is 3.09. The number of furan rings is 1. The zero-order valence-corrected chi connectivity index (χ0v) is 14.9. The van der Waals surface area contributed by atoms with E-state index in [1.165, 1.54) is 10.8 Å². The van der Waals surface area contributed by atoms with Crippen LogP contribution < -0.4 is 16.6 Å². The van der Waals surface area contributed by atoms with Crippen LogP contribution in [-0.2, 0) is 17.9 Å². The van der Waals surface area contributed by atoms with Crippen LogP contribution in [0.3, 0.4) is 0 Å². The number of fused-ring (bicyclic) bond motifs is 1. The first kappa shape index (κ1) is 17.5. The molecule has 2 aromatic heterocycles. The van der Waals surface area contributed by atoms with E-state index in [-0.39, 0.29) is 19.0 Å². The van der Waals surface area contributed by atoms with Gasteiger partial charge in [-0.25, -0.2) is 4.79 Å². The van der Waals surface area contributed by atoms with Crippen molar-refractivity contribution in [3.63, 3.8) is 0 Å². The van der Waals surface area contributed by atoms with Crippen LogP contribution >= 0.6 is 0 Å². The predicted molar refractivity (Wildman–Crippen MR) is 105 cm³/mol. The summed E-state index contributed by atoms with van der Waals surface area (Å²) < 4.78 is 7.66. The smallest absolute Gasteiger partial charge is 0.332 e. The largest absolute Gasteiger partial charge is 0.467 e. The van der Waals surface area contributed by atoms with Gasteiger partial charge in [-0.1, -0.05) is 30.3 Å². The quantitative estimate of drug-likeness (QED) is 0.581. The van der Waals surface area contributed by atoms with E-state index in [9.17, 15) is 14.4 Å². The van der Waals surface area contributed by atoms with Gasteiger partial charge >= 0.3 is 5.69 Å². The summed E-state index contributed by atoms with van der Waals surface area (Å²) in [5.41, 5.74) is 0.0604. The Bertz CT molecular complexity index is 1240. The fraction of sp³-hybridized carbons (Fsp3) is 0.0952. The van der Waals surface area contributed by atoms with Crippen molar-refractivity contribution < 1.29 is 9.21 Å². The number of para-hydroxylation sites is 2. The normalized spacial score (nSPS) is 10.9. The Hall–Kier alpha value is -3.87. The predicted octanol–water partition coefficient (Wildman–Crippen LogP) is 2.44. The minimum absolute atomic E-state index is 0.00416. The number of nitrogens with zero attached hydrogens (tertiary/aromatic N) is 2. The Morgan fingerprint density at radius 3 is 2.39 bits per heavy atom.